The number of hydrogen-bond donors (Lipinski definition) is 0. The maximum atomic E-state index is 14.0. The van der Waals surface area contributed by atoms with E-state index in [-0.39, 0.29) is 23.8 Å². The first-order chi connectivity index (χ1) is 16.8. The van der Waals surface area contributed by atoms with Crippen molar-refractivity contribution in [3.8, 4) is 0 Å². The molecule has 0 aromatic heterocycles. The molecular weight excluding hydrogens is 473 g/mol. The SMILES string of the molecule is O=C(OCc1ccccc1)N(C[C@@H]1CCC(c2ccccc2)(c2ccccc2)C(=O)O1)S(=O)(=O)F. The van der Waals surface area contributed by atoms with E-state index >= 15 is 0 Å². The Morgan fingerprint density at radius 3 is 1.94 bits per heavy atom. The summed E-state index contributed by atoms with van der Waals surface area (Å²) in [6, 6.07) is 26.8. The van der Waals surface area contributed by atoms with Crippen LogP contribution in [0.5, 0.6) is 0 Å². The molecule has 9 heteroatoms. The fourth-order valence-corrected chi connectivity index (χ4v) is 4.86. The summed E-state index contributed by atoms with van der Waals surface area (Å²) in [6.07, 6.45) is -1.93. The molecule has 0 unspecified atom stereocenters. The summed E-state index contributed by atoms with van der Waals surface area (Å²) in [5.74, 6) is -0.597. The predicted molar refractivity (Wildman–Crippen MR) is 126 cm³/mol. The highest BCUT2D eigenvalue weighted by molar-refractivity contribution is 7.84. The van der Waals surface area contributed by atoms with E-state index in [4.69, 9.17) is 9.47 Å². The fraction of sp³-hybridized carbons (Fsp3) is 0.231. The molecule has 0 aliphatic carbocycles. The zero-order chi connectivity index (χ0) is 24.9. The van der Waals surface area contributed by atoms with Crippen LogP contribution in [-0.2, 0) is 36.7 Å². The zero-order valence-electron chi connectivity index (χ0n) is 18.7. The molecule has 1 aliphatic heterocycles. The van der Waals surface area contributed by atoms with Gasteiger partial charge in [-0.1, -0.05) is 94.9 Å². The van der Waals surface area contributed by atoms with Crippen LogP contribution in [0, 0.1) is 0 Å². The van der Waals surface area contributed by atoms with Crippen LogP contribution >= 0.6 is 0 Å². The minimum atomic E-state index is -5.45. The number of rotatable bonds is 7. The average Bonchev–Trinajstić information content (AvgIpc) is 2.87. The van der Waals surface area contributed by atoms with Crippen molar-refractivity contribution in [1.82, 2.24) is 4.31 Å². The molecule has 182 valence electrons. The van der Waals surface area contributed by atoms with Gasteiger partial charge in [0.25, 0.3) is 0 Å². The molecule has 35 heavy (non-hydrogen) atoms. The van der Waals surface area contributed by atoms with E-state index in [0.717, 1.165) is 11.1 Å². The molecule has 1 heterocycles. The van der Waals surface area contributed by atoms with Crippen molar-refractivity contribution in [3.63, 3.8) is 0 Å². The second kappa shape index (κ2) is 10.3. The van der Waals surface area contributed by atoms with Crippen molar-refractivity contribution < 1.29 is 31.4 Å². The first-order valence-electron chi connectivity index (χ1n) is 11.1. The van der Waals surface area contributed by atoms with Gasteiger partial charge >= 0.3 is 22.5 Å². The summed E-state index contributed by atoms with van der Waals surface area (Å²) in [5.41, 5.74) is 0.960. The van der Waals surface area contributed by atoms with Gasteiger partial charge in [0.1, 0.15) is 18.1 Å². The standard InChI is InChI=1S/C26H24FNO6S/c27-35(31,32)28(25(30)33-19-20-10-4-1-5-11-20)18-23-16-17-26(24(29)34-23,21-12-6-2-7-13-21)22-14-8-3-9-15-22/h1-15,23H,16-19H2/t23-/m0/s1. The third kappa shape index (κ3) is 5.35. The van der Waals surface area contributed by atoms with Crippen molar-refractivity contribution >= 4 is 22.5 Å². The number of hydrogen-bond acceptors (Lipinski definition) is 6. The molecule has 3 aromatic rings. The Morgan fingerprint density at radius 1 is 0.943 bits per heavy atom. The monoisotopic (exact) mass is 497 g/mol. The fourth-order valence-electron chi connectivity index (χ4n) is 4.28. The van der Waals surface area contributed by atoms with Gasteiger partial charge in [-0.25, -0.2) is 4.79 Å². The van der Waals surface area contributed by atoms with Crippen LogP contribution in [0.15, 0.2) is 91.0 Å². The molecule has 0 radical (unpaired) electrons. The Labute approximate surface area is 203 Å². The molecule has 0 bridgehead atoms. The minimum Gasteiger partial charge on any atom is -0.460 e. The predicted octanol–water partition coefficient (Wildman–Crippen LogP) is 4.53. The maximum Gasteiger partial charge on any atom is 0.426 e. The highest BCUT2D eigenvalue weighted by Crippen LogP contribution is 2.42. The van der Waals surface area contributed by atoms with Crippen molar-refractivity contribution in [2.75, 3.05) is 6.54 Å². The Bertz CT molecular complexity index is 1230. The smallest absolute Gasteiger partial charge is 0.426 e. The van der Waals surface area contributed by atoms with E-state index in [1.165, 1.54) is 0 Å². The van der Waals surface area contributed by atoms with Gasteiger partial charge in [0.05, 0.1) is 6.54 Å². The van der Waals surface area contributed by atoms with Crippen molar-refractivity contribution in [3.05, 3.63) is 108 Å². The lowest BCUT2D eigenvalue weighted by atomic mass is 9.69. The van der Waals surface area contributed by atoms with Gasteiger partial charge in [0.2, 0.25) is 0 Å². The number of esters is 1. The van der Waals surface area contributed by atoms with Crippen molar-refractivity contribution in [2.24, 2.45) is 0 Å². The van der Waals surface area contributed by atoms with Gasteiger partial charge < -0.3 is 9.47 Å². The third-order valence-electron chi connectivity index (χ3n) is 6.04. The summed E-state index contributed by atoms with van der Waals surface area (Å²) in [7, 11) is -5.45. The van der Waals surface area contributed by atoms with Gasteiger partial charge in [-0.3, -0.25) is 4.79 Å². The van der Waals surface area contributed by atoms with E-state index in [1.807, 2.05) is 60.7 Å². The molecule has 0 spiro atoms. The lowest BCUT2D eigenvalue weighted by Gasteiger charge is -2.39. The topological polar surface area (TPSA) is 90.0 Å². The summed E-state index contributed by atoms with van der Waals surface area (Å²) in [4.78, 5) is 25.9. The highest BCUT2D eigenvalue weighted by Gasteiger charge is 2.48. The summed E-state index contributed by atoms with van der Waals surface area (Å²) >= 11 is 0. The normalized spacial score (nSPS) is 17.3. The van der Waals surface area contributed by atoms with Crippen LogP contribution in [0.25, 0.3) is 0 Å². The molecule has 1 atom stereocenters. The lowest BCUT2D eigenvalue weighted by Crippen LogP contribution is -2.49. The van der Waals surface area contributed by atoms with Gasteiger partial charge in [-0.05, 0) is 29.5 Å². The molecule has 4 rings (SSSR count). The Morgan fingerprint density at radius 2 is 1.46 bits per heavy atom. The first kappa shape index (κ1) is 24.4. The van der Waals surface area contributed by atoms with Crippen molar-refractivity contribution in [1.29, 1.82) is 0 Å². The Hall–Kier alpha value is -3.72. The number of halogens is 1. The lowest BCUT2D eigenvalue weighted by molar-refractivity contribution is -0.161. The van der Waals surface area contributed by atoms with E-state index < -0.39 is 40.5 Å². The van der Waals surface area contributed by atoms with Gasteiger partial charge in [0.15, 0.2) is 0 Å². The number of nitrogens with zero attached hydrogens (tertiary/aromatic N) is 1. The zero-order valence-corrected chi connectivity index (χ0v) is 19.6. The summed E-state index contributed by atoms with van der Waals surface area (Å²) < 4.78 is 48.1. The number of amides is 1. The molecule has 3 aromatic carbocycles. The van der Waals surface area contributed by atoms with E-state index in [2.05, 4.69) is 0 Å². The first-order valence-corrected chi connectivity index (χ1v) is 12.4. The third-order valence-corrected chi connectivity index (χ3v) is 6.86. The summed E-state index contributed by atoms with van der Waals surface area (Å²) in [5, 5.41) is 0. The van der Waals surface area contributed by atoms with Crippen LogP contribution in [0.1, 0.15) is 29.5 Å². The highest BCUT2D eigenvalue weighted by atomic mass is 32.3. The molecule has 0 saturated carbocycles. The van der Waals surface area contributed by atoms with Crippen LogP contribution in [0.2, 0.25) is 0 Å². The molecule has 7 nitrogen and oxygen atoms in total. The van der Waals surface area contributed by atoms with Gasteiger partial charge in [0, 0.05) is 0 Å². The number of carbonyl (C=O) groups is 2. The molecule has 1 aliphatic rings. The second-order valence-corrected chi connectivity index (χ2v) is 9.48. The number of ether oxygens (including phenoxy) is 2. The van der Waals surface area contributed by atoms with Crippen molar-refractivity contribution in [2.45, 2.75) is 31.0 Å². The molecule has 1 saturated heterocycles. The Kier molecular flexibility index (Phi) is 7.16. The van der Waals surface area contributed by atoms with E-state index in [9.17, 15) is 21.9 Å². The minimum absolute atomic E-state index is 0.0358. The maximum absolute atomic E-state index is 14.0. The number of benzene rings is 3. The average molecular weight is 498 g/mol. The summed E-state index contributed by atoms with van der Waals surface area (Å²) in [6.45, 7) is -0.918. The van der Waals surface area contributed by atoms with Crippen LogP contribution < -0.4 is 0 Å². The number of carbonyl (C=O) groups excluding carboxylic acids is 2. The van der Waals surface area contributed by atoms with E-state index in [1.54, 1.807) is 30.3 Å². The van der Waals surface area contributed by atoms with Crippen LogP contribution in [0.4, 0.5) is 8.68 Å². The van der Waals surface area contributed by atoms with E-state index in [0.29, 0.717) is 5.56 Å². The quantitative estimate of drug-likeness (QED) is 0.352. The van der Waals surface area contributed by atoms with Crippen LogP contribution in [-0.4, -0.2) is 37.4 Å². The second-order valence-electron chi connectivity index (χ2n) is 8.22. The van der Waals surface area contributed by atoms with Gasteiger partial charge in [-0.15, -0.1) is 0 Å². The largest absolute Gasteiger partial charge is 0.460 e. The molecule has 1 fully saturated rings. The Balaban J connectivity index is 1.53. The van der Waals surface area contributed by atoms with Gasteiger partial charge in [-0.2, -0.15) is 12.7 Å². The molecule has 1 amide bonds. The number of cyclic esters (lactones) is 1. The van der Waals surface area contributed by atoms with Crippen LogP contribution in [0.3, 0.4) is 0 Å². The molecular formula is C26H24FNO6S. The molecule has 0 N–H and O–H groups in total.